The third-order valence-corrected chi connectivity index (χ3v) is 3.43. The van der Waals surface area contributed by atoms with Gasteiger partial charge in [-0.15, -0.1) is 0 Å². The van der Waals surface area contributed by atoms with Gasteiger partial charge < -0.3 is 15.3 Å². The summed E-state index contributed by atoms with van der Waals surface area (Å²) in [6.45, 7) is 1.38. The Morgan fingerprint density at radius 2 is 2.20 bits per heavy atom. The minimum atomic E-state index is -1.04. The zero-order valence-corrected chi connectivity index (χ0v) is 11.1. The normalized spacial score (nSPS) is 18.2. The molecule has 1 fully saturated rings. The fourth-order valence-corrected chi connectivity index (χ4v) is 2.39. The Morgan fingerprint density at radius 3 is 2.80 bits per heavy atom. The third kappa shape index (κ3) is 3.52. The molecule has 1 aromatic rings. The molecule has 0 aliphatic carbocycles. The summed E-state index contributed by atoms with van der Waals surface area (Å²) in [5, 5.41) is 12.3. The number of rotatable bonds is 5. The van der Waals surface area contributed by atoms with Crippen LogP contribution in [0.2, 0.25) is 0 Å². The molecule has 1 unspecified atom stereocenters. The Bertz CT molecular complexity index is 476. The third-order valence-electron chi connectivity index (χ3n) is 3.43. The highest BCUT2D eigenvalue weighted by Gasteiger charge is 2.22. The fourth-order valence-electron chi connectivity index (χ4n) is 2.39. The highest BCUT2D eigenvalue weighted by atomic mass is 19.2. The largest absolute Gasteiger partial charge is 0.395 e. The maximum atomic E-state index is 13.2. The molecular weight excluding hydrogens is 266 g/mol. The second-order valence-corrected chi connectivity index (χ2v) is 4.90. The Hall–Kier alpha value is -1.53. The number of benzene rings is 1. The van der Waals surface area contributed by atoms with Crippen molar-refractivity contribution in [2.45, 2.75) is 18.9 Å². The van der Waals surface area contributed by atoms with Crippen LogP contribution >= 0.6 is 0 Å². The molecule has 0 aromatic heterocycles. The quantitative estimate of drug-likeness (QED) is 0.853. The van der Waals surface area contributed by atoms with E-state index in [4.69, 9.17) is 5.11 Å². The smallest absolute Gasteiger partial charge is 0.254 e. The van der Waals surface area contributed by atoms with Crippen LogP contribution in [0, 0.1) is 11.6 Å². The number of aliphatic hydroxyl groups is 1. The van der Waals surface area contributed by atoms with Gasteiger partial charge in [0.25, 0.3) is 5.91 Å². The van der Waals surface area contributed by atoms with E-state index < -0.39 is 17.5 Å². The number of amides is 1. The first-order valence-corrected chi connectivity index (χ1v) is 6.70. The first-order valence-electron chi connectivity index (χ1n) is 6.70. The van der Waals surface area contributed by atoms with E-state index in [1.54, 1.807) is 0 Å². The Labute approximate surface area is 116 Å². The lowest BCUT2D eigenvalue weighted by Gasteiger charge is -2.25. The minimum Gasteiger partial charge on any atom is -0.395 e. The summed E-state index contributed by atoms with van der Waals surface area (Å²) in [4.78, 5) is 13.8. The molecular formula is C14H18F2N2O2. The van der Waals surface area contributed by atoms with E-state index in [0.29, 0.717) is 6.54 Å². The number of hydrogen-bond acceptors (Lipinski definition) is 3. The molecule has 20 heavy (non-hydrogen) atoms. The topological polar surface area (TPSA) is 52.6 Å². The van der Waals surface area contributed by atoms with Gasteiger partial charge in [0.15, 0.2) is 11.6 Å². The van der Waals surface area contributed by atoms with Gasteiger partial charge in [-0.1, -0.05) is 0 Å². The van der Waals surface area contributed by atoms with Gasteiger partial charge >= 0.3 is 0 Å². The summed E-state index contributed by atoms with van der Waals surface area (Å²) in [5.74, 6) is -2.42. The monoisotopic (exact) mass is 284 g/mol. The van der Waals surface area contributed by atoms with Crippen LogP contribution in [0.3, 0.4) is 0 Å². The lowest BCUT2D eigenvalue weighted by Crippen LogP contribution is -2.42. The van der Waals surface area contributed by atoms with Crippen LogP contribution in [0.15, 0.2) is 18.2 Å². The van der Waals surface area contributed by atoms with Crippen molar-refractivity contribution in [2.24, 2.45) is 0 Å². The fraction of sp³-hybridized carbons (Fsp3) is 0.500. The number of nitrogens with zero attached hydrogens (tertiary/aromatic N) is 1. The molecule has 0 bridgehead atoms. The van der Waals surface area contributed by atoms with Gasteiger partial charge in [-0.05, 0) is 37.6 Å². The number of nitrogens with one attached hydrogen (secondary N) is 1. The molecule has 0 radical (unpaired) electrons. The van der Waals surface area contributed by atoms with E-state index >= 15 is 0 Å². The zero-order valence-electron chi connectivity index (χ0n) is 11.1. The van der Waals surface area contributed by atoms with Crippen molar-refractivity contribution in [2.75, 3.05) is 26.2 Å². The first kappa shape index (κ1) is 14.9. The van der Waals surface area contributed by atoms with E-state index in [9.17, 15) is 13.6 Å². The Kier molecular flexibility index (Phi) is 5.03. The maximum absolute atomic E-state index is 13.2. The predicted octanol–water partition coefficient (Wildman–Crippen LogP) is 1.15. The summed E-state index contributed by atoms with van der Waals surface area (Å²) in [7, 11) is 0. The number of hydrogen-bond donors (Lipinski definition) is 2. The summed E-state index contributed by atoms with van der Waals surface area (Å²) >= 11 is 0. The number of aliphatic hydroxyl groups excluding tert-OH is 1. The van der Waals surface area contributed by atoms with Gasteiger partial charge in [0.05, 0.1) is 6.61 Å². The standard InChI is InChI=1S/C14H18F2N2O2/c15-12-4-3-10(8-13(12)16)14(20)18(6-7-19)9-11-2-1-5-17-11/h3-4,8,11,17,19H,1-2,5-7,9H2. The summed E-state index contributed by atoms with van der Waals surface area (Å²) in [5.41, 5.74) is 0.0929. The molecule has 2 rings (SSSR count). The van der Waals surface area contributed by atoms with Crippen LogP contribution in [-0.4, -0.2) is 48.2 Å². The number of carbonyl (C=O) groups excluding carboxylic acids is 1. The second-order valence-electron chi connectivity index (χ2n) is 4.90. The molecule has 6 heteroatoms. The van der Waals surface area contributed by atoms with Gasteiger partial charge in [0.1, 0.15) is 0 Å². The molecule has 1 aromatic carbocycles. The molecule has 1 heterocycles. The van der Waals surface area contributed by atoms with E-state index in [1.165, 1.54) is 11.0 Å². The van der Waals surface area contributed by atoms with Crippen LogP contribution in [0.4, 0.5) is 8.78 Å². The van der Waals surface area contributed by atoms with Crippen LogP contribution in [0.25, 0.3) is 0 Å². The van der Waals surface area contributed by atoms with Crippen molar-refractivity contribution in [1.82, 2.24) is 10.2 Å². The van der Waals surface area contributed by atoms with Crippen molar-refractivity contribution in [3.05, 3.63) is 35.4 Å². The SMILES string of the molecule is O=C(c1ccc(F)c(F)c1)N(CCO)CC1CCCN1. The van der Waals surface area contributed by atoms with E-state index in [-0.39, 0.29) is 24.8 Å². The van der Waals surface area contributed by atoms with Crippen LogP contribution in [0.5, 0.6) is 0 Å². The average molecular weight is 284 g/mol. The van der Waals surface area contributed by atoms with E-state index in [1.807, 2.05) is 0 Å². The van der Waals surface area contributed by atoms with Crippen molar-refractivity contribution in [1.29, 1.82) is 0 Å². The van der Waals surface area contributed by atoms with Gasteiger partial charge in [-0.3, -0.25) is 4.79 Å². The summed E-state index contributed by atoms with van der Waals surface area (Å²) in [6, 6.07) is 3.28. The van der Waals surface area contributed by atoms with Gasteiger partial charge in [-0.25, -0.2) is 8.78 Å². The maximum Gasteiger partial charge on any atom is 0.254 e. The molecule has 1 amide bonds. The van der Waals surface area contributed by atoms with Crippen molar-refractivity contribution in [3.8, 4) is 0 Å². The molecule has 1 atom stereocenters. The van der Waals surface area contributed by atoms with Crippen molar-refractivity contribution in [3.63, 3.8) is 0 Å². The van der Waals surface area contributed by atoms with Crippen LogP contribution in [0.1, 0.15) is 23.2 Å². The van der Waals surface area contributed by atoms with Crippen LogP contribution < -0.4 is 5.32 Å². The molecule has 0 spiro atoms. The summed E-state index contributed by atoms with van der Waals surface area (Å²) < 4.78 is 26.1. The predicted molar refractivity (Wildman–Crippen MR) is 70.4 cm³/mol. The highest BCUT2D eigenvalue weighted by Crippen LogP contribution is 2.13. The average Bonchev–Trinajstić information content (AvgIpc) is 2.93. The van der Waals surface area contributed by atoms with Crippen molar-refractivity contribution >= 4 is 5.91 Å². The van der Waals surface area contributed by atoms with Gasteiger partial charge in [0.2, 0.25) is 0 Å². The lowest BCUT2D eigenvalue weighted by atomic mass is 10.1. The summed E-state index contributed by atoms with van der Waals surface area (Å²) in [6.07, 6.45) is 2.02. The van der Waals surface area contributed by atoms with Gasteiger partial charge in [-0.2, -0.15) is 0 Å². The van der Waals surface area contributed by atoms with Crippen LogP contribution in [-0.2, 0) is 0 Å². The molecule has 4 nitrogen and oxygen atoms in total. The zero-order chi connectivity index (χ0) is 14.5. The lowest BCUT2D eigenvalue weighted by molar-refractivity contribution is 0.0706. The molecule has 1 aliphatic heterocycles. The molecule has 0 saturated carbocycles. The molecule has 110 valence electrons. The van der Waals surface area contributed by atoms with E-state index in [2.05, 4.69) is 5.32 Å². The second kappa shape index (κ2) is 6.76. The van der Waals surface area contributed by atoms with Crippen molar-refractivity contribution < 1.29 is 18.7 Å². The molecule has 2 N–H and O–H groups in total. The Morgan fingerprint density at radius 1 is 1.40 bits per heavy atom. The van der Waals surface area contributed by atoms with Gasteiger partial charge in [0, 0.05) is 24.7 Å². The molecule has 1 saturated heterocycles. The Balaban J connectivity index is 2.10. The minimum absolute atomic E-state index is 0.0929. The highest BCUT2D eigenvalue weighted by molar-refractivity contribution is 5.94. The first-order chi connectivity index (χ1) is 9.61. The number of halogens is 2. The number of carbonyl (C=O) groups is 1. The van der Waals surface area contributed by atoms with E-state index in [0.717, 1.165) is 31.5 Å². The molecule has 1 aliphatic rings.